The molecule has 2 aromatic rings. The molecule has 1 N–H and O–H groups in total. The zero-order valence-corrected chi connectivity index (χ0v) is 16.2. The smallest absolute Gasteiger partial charge is 0.245 e. The van der Waals surface area contributed by atoms with Crippen molar-refractivity contribution in [2.75, 3.05) is 29.2 Å². The number of hydrogen-bond donors (Lipinski definition) is 1. The number of ether oxygens (including phenoxy) is 2. The molecule has 7 nitrogen and oxygen atoms in total. The van der Waals surface area contributed by atoms with Gasteiger partial charge in [0.1, 0.15) is 6.54 Å². The van der Waals surface area contributed by atoms with Crippen molar-refractivity contribution in [3.63, 3.8) is 0 Å². The minimum absolute atomic E-state index is 0.113. The summed E-state index contributed by atoms with van der Waals surface area (Å²) in [6.45, 7) is 3.77. The number of para-hydroxylation sites is 1. The SMILES string of the molecule is CC(C)c1ccccc1N(CC(=O)Nc1ccc2c(c1)OCO2)S(C)(=O)=O. The van der Waals surface area contributed by atoms with Gasteiger partial charge in [-0.1, -0.05) is 32.0 Å². The van der Waals surface area contributed by atoms with Crippen molar-refractivity contribution in [1.29, 1.82) is 0 Å². The summed E-state index contributed by atoms with van der Waals surface area (Å²) in [5.74, 6) is 0.815. The van der Waals surface area contributed by atoms with Gasteiger partial charge in [0.15, 0.2) is 11.5 Å². The summed E-state index contributed by atoms with van der Waals surface area (Å²) < 4.78 is 36.4. The van der Waals surface area contributed by atoms with Crippen molar-refractivity contribution in [3.05, 3.63) is 48.0 Å². The lowest BCUT2D eigenvalue weighted by atomic mass is 10.0. The Bertz CT molecular complexity index is 956. The molecular formula is C19H22N2O5S. The number of amides is 1. The third-order valence-electron chi connectivity index (χ3n) is 4.17. The number of fused-ring (bicyclic) bond motifs is 1. The number of rotatable bonds is 6. The minimum atomic E-state index is -3.64. The summed E-state index contributed by atoms with van der Waals surface area (Å²) in [4.78, 5) is 12.5. The lowest BCUT2D eigenvalue weighted by molar-refractivity contribution is -0.114. The van der Waals surface area contributed by atoms with Gasteiger partial charge in [-0.15, -0.1) is 0 Å². The van der Waals surface area contributed by atoms with Gasteiger partial charge in [-0.3, -0.25) is 9.10 Å². The molecule has 1 heterocycles. The second kappa shape index (κ2) is 7.48. The van der Waals surface area contributed by atoms with Crippen LogP contribution in [-0.2, 0) is 14.8 Å². The van der Waals surface area contributed by atoms with Gasteiger partial charge in [0, 0.05) is 11.8 Å². The van der Waals surface area contributed by atoms with Crippen LogP contribution >= 0.6 is 0 Å². The maximum absolute atomic E-state index is 12.5. The van der Waals surface area contributed by atoms with Crippen molar-refractivity contribution in [2.45, 2.75) is 19.8 Å². The van der Waals surface area contributed by atoms with Crippen molar-refractivity contribution < 1.29 is 22.7 Å². The summed E-state index contributed by atoms with van der Waals surface area (Å²) >= 11 is 0. The highest BCUT2D eigenvalue weighted by Crippen LogP contribution is 2.34. The van der Waals surface area contributed by atoms with Gasteiger partial charge in [-0.05, 0) is 29.7 Å². The second-order valence-corrected chi connectivity index (χ2v) is 8.51. The predicted octanol–water partition coefficient (Wildman–Crippen LogP) is 2.94. The third kappa shape index (κ3) is 4.33. The number of nitrogens with one attached hydrogen (secondary N) is 1. The normalized spacial score (nSPS) is 12.9. The Morgan fingerprint density at radius 3 is 2.56 bits per heavy atom. The summed E-state index contributed by atoms with van der Waals surface area (Å²) in [6.07, 6.45) is 1.10. The van der Waals surface area contributed by atoms with Gasteiger partial charge in [0.25, 0.3) is 0 Å². The first-order chi connectivity index (χ1) is 12.8. The Morgan fingerprint density at radius 2 is 1.85 bits per heavy atom. The van der Waals surface area contributed by atoms with Gasteiger partial charge in [-0.2, -0.15) is 0 Å². The molecule has 0 aromatic heterocycles. The maximum atomic E-state index is 12.5. The van der Waals surface area contributed by atoms with Crippen molar-refractivity contribution in [1.82, 2.24) is 0 Å². The lowest BCUT2D eigenvalue weighted by Crippen LogP contribution is -2.38. The second-order valence-electron chi connectivity index (χ2n) is 6.60. The van der Waals surface area contributed by atoms with Crippen LogP contribution in [0.2, 0.25) is 0 Å². The Morgan fingerprint density at radius 1 is 1.15 bits per heavy atom. The van der Waals surface area contributed by atoms with E-state index in [-0.39, 0.29) is 19.3 Å². The molecule has 27 heavy (non-hydrogen) atoms. The molecule has 0 saturated heterocycles. The largest absolute Gasteiger partial charge is 0.454 e. The quantitative estimate of drug-likeness (QED) is 0.820. The monoisotopic (exact) mass is 390 g/mol. The highest BCUT2D eigenvalue weighted by atomic mass is 32.2. The van der Waals surface area contributed by atoms with E-state index >= 15 is 0 Å². The molecular weight excluding hydrogens is 368 g/mol. The molecule has 8 heteroatoms. The number of hydrogen-bond acceptors (Lipinski definition) is 5. The molecule has 1 aliphatic rings. The molecule has 0 unspecified atom stereocenters. The fourth-order valence-electron chi connectivity index (χ4n) is 2.89. The molecule has 144 valence electrons. The summed E-state index contributed by atoms with van der Waals surface area (Å²) in [6, 6.07) is 12.2. The first-order valence-electron chi connectivity index (χ1n) is 8.52. The van der Waals surface area contributed by atoms with E-state index in [2.05, 4.69) is 5.32 Å². The molecule has 0 radical (unpaired) electrons. The van der Waals surface area contributed by atoms with Crippen LogP contribution in [0.4, 0.5) is 11.4 Å². The topological polar surface area (TPSA) is 84.9 Å². The molecule has 3 rings (SSSR count). The minimum Gasteiger partial charge on any atom is -0.454 e. The van der Waals surface area contributed by atoms with Gasteiger partial charge in [-0.25, -0.2) is 8.42 Å². The Balaban J connectivity index is 1.82. The zero-order valence-electron chi connectivity index (χ0n) is 15.4. The van der Waals surface area contributed by atoms with E-state index in [9.17, 15) is 13.2 Å². The van der Waals surface area contributed by atoms with Crippen LogP contribution in [0.25, 0.3) is 0 Å². The number of sulfonamides is 1. The standard InChI is InChI=1S/C19H22N2O5S/c1-13(2)15-6-4-5-7-16(15)21(27(3,23)24)11-19(22)20-14-8-9-17-18(10-14)26-12-25-17/h4-10,13H,11-12H2,1-3H3,(H,20,22). The Labute approximate surface area is 158 Å². The van der Waals surface area contributed by atoms with Crippen molar-refractivity contribution in [3.8, 4) is 11.5 Å². The number of benzene rings is 2. The Hall–Kier alpha value is -2.74. The van der Waals surface area contributed by atoms with E-state index in [0.29, 0.717) is 22.9 Å². The molecule has 0 saturated carbocycles. The van der Waals surface area contributed by atoms with Crippen LogP contribution < -0.4 is 19.1 Å². The Kier molecular flexibility index (Phi) is 5.27. The molecule has 1 amide bonds. The summed E-state index contributed by atoms with van der Waals surface area (Å²) in [7, 11) is -3.64. The molecule has 2 aromatic carbocycles. The van der Waals surface area contributed by atoms with Crippen LogP contribution in [0.1, 0.15) is 25.3 Å². The molecule has 0 fully saturated rings. The molecule has 0 spiro atoms. The summed E-state index contributed by atoms with van der Waals surface area (Å²) in [5.41, 5.74) is 1.88. The van der Waals surface area contributed by atoms with Gasteiger partial charge in [0.2, 0.25) is 22.7 Å². The molecule has 0 bridgehead atoms. The van der Waals surface area contributed by atoms with Crippen LogP contribution in [0.3, 0.4) is 0 Å². The molecule has 1 aliphatic heterocycles. The summed E-state index contributed by atoms with van der Waals surface area (Å²) in [5, 5.41) is 2.71. The van der Waals surface area contributed by atoms with Crippen LogP contribution in [-0.4, -0.2) is 33.9 Å². The van der Waals surface area contributed by atoms with Crippen LogP contribution in [0.5, 0.6) is 11.5 Å². The van der Waals surface area contributed by atoms with E-state index in [1.807, 2.05) is 26.0 Å². The van der Waals surface area contributed by atoms with E-state index in [4.69, 9.17) is 9.47 Å². The maximum Gasteiger partial charge on any atom is 0.245 e. The molecule has 0 atom stereocenters. The molecule has 0 aliphatic carbocycles. The first-order valence-corrected chi connectivity index (χ1v) is 10.4. The zero-order chi connectivity index (χ0) is 19.6. The third-order valence-corrected chi connectivity index (χ3v) is 5.30. The fraction of sp³-hybridized carbons (Fsp3) is 0.316. The van der Waals surface area contributed by atoms with E-state index in [1.165, 1.54) is 0 Å². The van der Waals surface area contributed by atoms with Gasteiger partial charge in [0.05, 0.1) is 11.9 Å². The van der Waals surface area contributed by atoms with Crippen LogP contribution in [0.15, 0.2) is 42.5 Å². The van der Waals surface area contributed by atoms with E-state index < -0.39 is 15.9 Å². The average molecular weight is 390 g/mol. The average Bonchev–Trinajstić information content (AvgIpc) is 3.06. The number of carbonyl (C=O) groups is 1. The van der Waals surface area contributed by atoms with Crippen molar-refractivity contribution >= 4 is 27.3 Å². The first kappa shape index (κ1) is 19.0. The van der Waals surface area contributed by atoms with Crippen LogP contribution in [0, 0.1) is 0 Å². The highest BCUT2D eigenvalue weighted by Gasteiger charge is 2.24. The van der Waals surface area contributed by atoms with E-state index in [1.54, 1.807) is 30.3 Å². The predicted molar refractivity (Wildman–Crippen MR) is 104 cm³/mol. The number of anilines is 2. The highest BCUT2D eigenvalue weighted by molar-refractivity contribution is 7.92. The van der Waals surface area contributed by atoms with Gasteiger partial charge >= 0.3 is 0 Å². The van der Waals surface area contributed by atoms with Gasteiger partial charge < -0.3 is 14.8 Å². The fourth-order valence-corrected chi connectivity index (χ4v) is 3.76. The number of carbonyl (C=O) groups excluding carboxylic acids is 1. The lowest BCUT2D eigenvalue weighted by Gasteiger charge is -2.25. The van der Waals surface area contributed by atoms with Crippen molar-refractivity contribution in [2.24, 2.45) is 0 Å². The number of nitrogens with zero attached hydrogens (tertiary/aromatic N) is 1. The van der Waals surface area contributed by atoms with E-state index in [0.717, 1.165) is 16.1 Å².